The SMILES string of the molecule is Cn1nc(-c2ccccc2F)c2c1-c1ccccc1C=NC2. The number of aromatic nitrogens is 2. The molecule has 0 radical (unpaired) electrons. The van der Waals surface area contributed by atoms with Crippen LogP contribution in [0.3, 0.4) is 0 Å². The fourth-order valence-corrected chi connectivity index (χ4v) is 2.98. The molecule has 1 aliphatic rings. The maximum absolute atomic E-state index is 14.2. The van der Waals surface area contributed by atoms with E-state index < -0.39 is 0 Å². The first-order valence-corrected chi connectivity index (χ1v) is 7.15. The van der Waals surface area contributed by atoms with Crippen molar-refractivity contribution in [3.63, 3.8) is 0 Å². The van der Waals surface area contributed by atoms with Crippen LogP contribution in [0.15, 0.2) is 53.5 Å². The third-order valence-corrected chi connectivity index (χ3v) is 3.97. The molecule has 108 valence electrons. The number of rotatable bonds is 1. The van der Waals surface area contributed by atoms with Crippen molar-refractivity contribution in [2.45, 2.75) is 6.54 Å². The molecule has 1 aliphatic heterocycles. The number of nitrogens with zero attached hydrogens (tertiary/aromatic N) is 3. The maximum Gasteiger partial charge on any atom is 0.132 e. The molecule has 2 aromatic carbocycles. The number of fused-ring (bicyclic) bond motifs is 3. The molecule has 3 nitrogen and oxygen atoms in total. The Morgan fingerprint density at radius 1 is 1.00 bits per heavy atom. The summed E-state index contributed by atoms with van der Waals surface area (Å²) in [5.74, 6) is -0.259. The summed E-state index contributed by atoms with van der Waals surface area (Å²) in [5, 5.41) is 4.57. The van der Waals surface area contributed by atoms with Gasteiger partial charge in [-0.2, -0.15) is 5.10 Å². The Balaban J connectivity index is 2.02. The molecule has 3 aromatic rings. The Bertz CT molecular complexity index is 893. The quantitative estimate of drug-likeness (QED) is 0.670. The number of hydrogen-bond acceptors (Lipinski definition) is 2. The Morgan fingerprint density at radius 3 is 2.55 bits per heavy atom. The monoisotopic (exact) mass is 291 g/mol. The Morgan fingerprint density at radius 2 is 1.73 bits per heavy atom. The summed E-state index contributed by atoms with van der Waals surface area (Å²) in [6.45, 7) is 0.502. The molecule has 2 heterocycles. The second-order valence-electron chi connectivity index (χ2n) is 5.34. The third-order valence-electron chi connectivity index (χ3n) is 3.97. The lowest BCUT2D eigenvalue weighted by atomic mass is 9.99. The van der Waals surface area contributed by atoms with Gasteiger partial charge < -0.3 is 0 Å². The number of benzene rings is 2. The predicted molar refractivity (Wildman–Crippen MR) is 85.3 cm³/mol. The molecule has 0 amide bonds. The van der Waals surface area contributed by atoms with Crippen LogP contribution < -0.4 is 0 Å². The average molecular weight is 291 g/mol. The number of aryl methyl sites for hydroxylation is 1. The van der Waals surface area contributed by atoms with Gasteiger partial charge in [-0.15, -0.1) is 0 Å². The van der Waals surface area contributed by atoms with Crippen molar-refractivity contribution in [3.05, 3.63) is 65.5 Å². The van der Waals surface area contributed by atoms with Gasteiger partial charge >= 0.3 is 0 Å². The van der Waals surface area contributed by atoms with E-state index in [2.05, 4.69) is 16.2 Å². The molecule has 0 atom stereocenters. The van der Waals surface area contributed by atoms with Crippen molar-refractivity contribution in [3.8, 4) is 22.5 Å². The van der Waals surface area contributed by atoms with E-state index in [1.54, 1.807) is 12.1 Å². The first-order chi connectivity index (χ1) is 10.8. The molecule has 0 spiro atoms. The van der Waals surface area contributed by atoms with Gasteiger partial charge in [0, 0.05) is 35.5 Å². The van der Waals surface area contributed by atoms with Crippen LogP contribution in [0.25, 0.3) is 22.5 Å². The second kappa shape index (κ2) is 4.91. The van der Waals surface area contributed by atoms with Gasteiger partial charge in [-0.1, -0.05) is 36.4 Å². The topological polar surface area (TPSA) is 30.2 Å². The van der Waals surface area contributed by atoms with Gasteiger partial charge in [0.1, 0.15) is 11.5 Å². The minimum Gasteiger partial charge on any atom is -0.288 e. The van der Waals surface area contributed by atoms with Gasteiger partial charge in [-0.25, -0.2) is 4.39 Å². The van der Waals surface area contributed by atoms with Crippen LogP contribution >= 0.6 is 0 Å². The van der Waals surface area contributed by atoms with E-state index in [1.165, 1.54) is 6.07 Å². The van der Waals surface area contributed by atoms with Crippen molar-refractivity contribution in [1.29, 1.82) is 0 Å². The third kappa shape index (κ3) is 1.88. The van der Waals surface area contributed by atoms with Gasteiger partial charge in [0.05, 0.1) is 12.2 Å². The highest BCUT2D eigenvalue weighted by Crippen LogP contribution is 2.36. The molecule has 4 rings (SSSR count). The zero-order chi connectivity index (χ0) is 15.1. The lowest BCUT2D eigenvalue weighted by Gasteiger charge is -2.06. The Hall–Kier alpha value is -2.75. The molecule has 0 N–H and O–H groups in total. The Kier molecular flexibility index (Phi) is 2.89. The second-order valence-corrected chi connectivity index (χ2v) is 5.34. The van der Waals surface area contributed by atoms with Gasteiger partial charge in [-0.3, -0.25) is 9.67 Å². The minimum atomic E-state index is -0.259. The van der Waals surface area contributed by atoms with E-state index in [0.29, 0.717) is 17.8 Å². The predicted octanol–water partition coefficient (Wildman–Crippen LogP) is 3.83. The standard InChI is InChI=1S/C18H14FN3/c1-22-18-13-7-3-2-6-12(13)10-20-11-15(18)17(21-22)14-8-4-5-9-16(14)19/h2-10H,11H2,1H3. The normalized spacial score (nSPS) is 12.6. The molecule has 0 fully saturated rings. The van der Waals surface area contributed by atoms with Crippen molar-refractivity contribution in [2.24, 2.45) is 12.0 Å². The van der Waals surface area contributed by atoms with E-state index in [4.69, 9.17) is 0 Å². The fourth-order valence-electron chi connectivity index (χ4n) is 2.98. The summed E-state index contributed by atoms with van der Waals surface area (Å²) >= 11 is 0. The smallest absolute Gasteiger partial charge is 0.132 e. The van der Waals surface area contributed by atoms with Crippen LogP contribution in [0.1, 0.15) is 11.1 Å². The number of aliphatic imine (C=N–C) groups is 1. The molecule has 0 bridgehead atoms. The molecular formula is C18H14FN3. The fraction of sp³-hybridized carbons (Fsp3) is 0.111. The molecular weight excluding hydrogens is 277 g/mol. The van der Waals surface area contributed by atoms with Gasteiger partial charge in [0.15, 0.2) is 0 Å². The summed E-state index contributed by atoms with van der Waals surface area (Å²) in [7, 11) is 1.89. The maximum atomic E-state index is 14.2. The van der Waals surface area contributed by atoms with E-state index in [1.807, 2.05) is 42.2 Å². The summed E-state index contributed by atoms with van der Waals surface area (Å²) in [6.07, 6.45) is 1.88. The van der Waals surface area contributed by atoms with Crippen molar-refractivity contribution >= 4 is 6.21 Å². The molecule has 0 saturated carbocycles. The summed E-state index contributed by atoms with van der Waals surface area (Å²) in [6, 6.07) is 14.8. The van der Waals surface area contributed by atoms with Crippen LogP contribution in [0.4, 0.5) is 4.39 Å². The average Bonchev–Trinajstić information content (AvgIpc) is 2.74. The molecule has 1 aromatic heterocycles. The molecule has 0 saturated heterocycles. The van der Waals surface area contributed by atoms with Crippen LogP contribution in [-0.2, 0) is 13.6 Å². The van der Waals surface area contributed by atoms with Crippen LogP contribution in [0.2, 0.25) is 0 Å². The zero-order valence-corrected chi connectivity index (χ0v) is 12.1. The minimum absolute atomic E-state index is 0.259. The largest absolute Gasteiger partial charge is 0.288 e. The number of halogens is 1. The van der Waals surface area contributed by atoms with E-state index in [-0.39, 0.29) is 5.82 Å². The zero-order valence-electron chi connectivity index (χ0n) is 12.1. The van der Waals surface area contributed by atoms with E-state index in [0.717, 1.165) is 22.4 Å². The molecule has 0 aliphatic carbocycles. The lowest BCUT2D eigenvalue weighted by molar-refractivity contribution is 0.630. The summed E-state index contributed by atoms with van der Waals surface area (Å²) in [4.78, 5) is 4.48. The number of hydrogen-bond donors (Lipinski definition) is 0. The summed E-state index contributed by atoms with van der Waals surface area (Å²) in [5.41, 5.74) is 5.30. The van der Waals surface area contributed by atoms with Crippen molar-refractivity contribution < 1.29 is 4.39 Å². The van der Waals surface area contributed by atoms with Crippen LogP contribution in [0, 0.1) is 5.82 Å². The van der Waals surface area contributed by atoms with Gasteiger partial charge in [0.2, 0.25) is 0 Å². The highest BCUT2D eigenvalue weighted by atomic mass is 19.1. The van der Waals surface area contributed by atoms with Crippen LogP contribution in [-0.4, -0.2) is 16.0 Å². The Labute approximate surface area is 127 Å². The summed E-state index contributed by atoms with van der Waals surface area (Å²) < 4.78 is 16.0. The van der Waals surface area contributed by atoms with E-state index in [9.17, 15) is 4.39 Å². The van der Waals surface area contributed by atoms with Crippen molar-refractivity contribution in [1.82, 2.24) is 9.78 Å². The van der Waals surface area contributed by atoms with Crippen LogP contribution in [0.5, 0.6) is 0 Å². The molecule has 4 heteroatoms. The molecule has 0 unspecified atom stereocenters. The highest BCUT2D eigenvalue weighted by molar-refractivity contribution is 5.92. The molecule has 22 heavy (non-hydrogen) atoms. The highest BCUT2D eigenvalue weighted by Gasteiger charge is 2.23. The first-order valence-electron chi connectivity index (χ1n) is 7.15. The lowest BCUT2D eigenvalue weighted by Crippen LogP contribution is -1.96. The van der Waals surface area contributed by atoms with Crippen molar-refractivity contribution in [2.75, 3.05) is 0 Å². The first kappa shape index (κ1) is 13.0. The van der Waals surface area contributed by atoms with Gasteiger partial charge in [0.25, 0.3) is 0 Å². The van der Waals surface area contributed by atoms with Gasteiger partial charge in [-0.05, 0) is 12.1 Å². The van der Waals surface area contributed by atoms with E-state index >= 15 is 0 Å².